The molecule has 0 aromatic carbocycles. The van der Waals surface area contributed by atoms with Crippen molar-refractivity contribution in [2.24, 2.45) is 5.92 Å². The third kappa shape index (κ3) is 2.47. The fourth-order valence-corrected chi connectivity index (χ4v) is 0.159. The maximum atomic E-state index is 8.17. The van der Waals surface area contributed by atoms with Crippen molar-refractivity contribution >= 4 is 11.6 Å². The van der Waals surface area contributed by atoms with Gasteiger partial charge >= 0.3 is 0 Å². The molecule has 0 radical (unpaired) electrons. The van der Waals surface area contributed by atoms with Crippen LogP contribution in [0.4, 0.5) is 0 Å². The van der Waals surface area contributed by atoms with Crippen LogP contribution in [0.3, 0.4) is 0 Å². The quantitative estimate of drug-likeness (QED) is 0.481. The van der Waals surface area contributed by atoms with Crippen LogP contribution < -0.4 is 0 Å². The number of alkyl halides is 1. The molecule has 0 amide bonds. The van der Waals surface area contributed by atoms with Crippen molar-refractivity contribution in [3.63, 3.8) is 0 Å². The van der Waals surface area contributed by atoms with Crippen LogP contribution in [0.1, 0.15) is 13.8 Å². The molecule has 2 atom stereocenters. The number of rotatable bonds is 1. The van der Waals surface area contributed by atoms with Crippen LogP contribution in [0.2, 0.25) is 0 Å². The van der Waals surface area contributed by atoms with Crippen molar-refractivity contribution in [2.75, 3.05) is 0 Å². The fraction of sp³-hybridized carbons (Fsp3) is 0.800. The summed E-state index contributed by atoms with van der Waals surface area (Å²) in [5.41, 5.74) is 0. The summed E-state index contributed by atoms with van der Waals surface area (Å²) in [5, 5.41) is 8.15. The van der Waals surface area contributed by atoms with Gasteiger partial charge in [-0.25, -0.2) is 0 Å². The normalized spacial score (nSPS) is 17.4. The molecule has 0 fully saturated rings. The van der Waals surface area contributed by atoms with E-state index in [1.807, 2.05) is 13.0 Å². The number of hydrogen-bond acceptors (Lipinski definition) is 1. The molecular weight excluding hydrogens is 110 g/mol. The maximum Gasteiger partial charge on any atom is 0.0668 e. The van der Waals surface area contributed by atoms with E-state index >= 15 is 0 Å². The largest absolute Gasteiger partial charge is 0.198 e. The molecule has 0 saturated heterocycles. The average Bonchev–Trinajstić information content (AvgIpc) is 1.65. The first-order chi connectivity index (χ1) is 3.18. The van der Waals surface area contributed by atoms with Crippen molar-refractivity contribution < 1.29 is 0 Å². The standard InChI is InChI=1S/C5H8ClN/c1-4(3-7)5(2)6/h4-5H,1-2H3/t4-,5?/m0/s1. The maximum absolute atomic E-state index is 8.17. The predicted molar refractivity (Wildman–Crippen MR) is 30.1 cm³/mol. The van der Waals surface area contributed by atoms with E-state index in [0.717, 1.165) is 0 Å². The summed E-state index contributed by atoms with van der Waals surface area (Å²) in [6, 6.07) is 2.03. The molecule has 0 saturated carbocycles. The van der Waals surface area contributed by atoms with Gasteiger partial charge in [-0.2, -0.15) is 5.26 Å². The van der Waals surface area contributed by atoms with Gasteiger partial charge in [0.1, 0.15) is 0 Å². The second kappa shape index (κ2) is 2.87. The smallest absolute Gasteiger partial charge is 0.0668 e. The third-order valence-electron chi connectivity index (χ3n) is 0.893. The van der Waals surface area contributed by atoms with Crippen LogP contribution in [-0.2, 0) is 0 Å². The Morgan fingerprint density at radius 2 is 2.00 bits per heavy atom. The van der Waals surface area contributed by atoms with Crippen LogP contribution in [0, 0.1) is 17.2 Å². The monoisotopic (exact) mass is 117 g/mol. The number of nitriles is 1. The van der Waals surface area contributed by atoms with Gasteiger partial charge in [-0.15, -0.1) is 11.6 Å². The van der Waals surface area contributed by atoms with Crippen molar-refractivity contribution in [2.45, 2.75) is 19.2 Å². The molecule has 40 valence electrons. The van der Waals surface area contributed by atoms with Crippen molar-refractivity contribution in [1.29, 1.82) is 5.26 Å². The van der Waals surface area contributed by atoms with Crippen LogP contribution in [0.5, 0.6) is 0 Å². The highest BCUT2D eigenvalue weighted by atomic mass is 35.5. The lowest BCUT2D eigenvalue weighted by atomic mass is 10.1. The molecule has 0 aliphatic rings. The summed E-state index contributed by atoms with van der Waals surface area (Å²) in [7, 11) is 0. The second-order valence-corrected chi connectivity index (χ2v) is 2.28. The Morgan fingerprint density at radius 1 is 1.57 bits per heavy atom. The van der Waals surface area contributed by atoms with E-state index < -0.39 is 0 Å². The second-order valence-electron chi connectivity index (χ2n) is 1.60. The topological polar surface area (TPSA) is 23.8 Å². The number of nitrogens with zero attached hydrogens (tertiary/aromatic N) is 1. The van der Waals surface area contributed by atoms with Crippen LogP contribution >= 0.6 is 11.6 Å². The molecule has 2 heteroatoms. The highest BCUT2D eigenvalue weighted by Gasteiger charge is 2.04. The van der Waals surface area contributed by atoms with Crippen molar-refractivity contribution in [1.82, 2.24) is 0 Å². The van der Waals surface area contributed by atoms with Gasteiger partial charge in [0.2, 0.25) is 0 Å². The van der Waals surface area contributed by atoms with E-state index in [1.165, 1.54) is 0 Å². The minimum atomic E-state index is -0.0262. The van der Waals surface area contributed by atoms with E-state index in [9.17, 15) is 0 Å². The van der Waals surface area contributed by atoms with Crippen LogP contribution in [-0.4, -0.2) is 5.38 Å². The highest BCUT2D eigenvalue weighted by Crippen LogP contribution is 2.06. The van der Waals surface area contributed by atoms with Crippen LogP contribution in [0.15, 0.2) is 0 Å². The van der Waals surface area contributed by atoms with Gasteiger partial charge in [-0.05, 0) is 13.8 Å². The minimum Gasteiger partial charge on any atom is -0.198 e. The van der Waals surface area contributed by atoms with Gasteiger partial charge < -0.3 is 0 Å². The predicted octanol–water partition coefficient (Wildman–Crippen LogP) is 1.77. The SMILES string of the molecule is CC(Cl)[C@@H](C)C#N. The Bertz CT molecular complexity index is 82.6. The van der Waals surface area contributed by atoms with Gasteiger partial charge in [0.05, 0.1) is 12.0 Å². The summed E-state index contributed by atoms with van der Waals surface area (Å²) >= 11 is 5.51. The van der Waals surface area contributed by atoms with E-state index in [0.29, 0.717) is 0 Å². The molecular formula is C5H8ClN. The average molecular weight is 118 g/mol. The molecule has 0 rings (SSSR count). The van der Waals surface area contributed by atoms with Gasteiger partial charge in [0.15, 0.2) is 0 Å². The Labute approximate surface area is 48.9 Å². The molecule has 0 bridgehead atoms. The molecule has 0 N–H and O–H groups in total. The van der Waals surface area contributed by atoms with Gasteiger partial charge in [-0.1, -0.05) is 0 Å². The Hall–Kier alpha value is -0.220. The summed E-state index contributed by atoms with van der Waals surface area (Å²) in [4.78, 5) is 0. The Balaban J connectivity index is 3.40. The molecule has 0 heterocycles. The fourth-order valence-electron chi connectivity index (χ4n) is 0.103. The van der Waals surface area contributed by atoms with Gasteiger partial charge in [0, 0.05) is 5.38 Å². The molecule has 0 aromatic rings. The molecule has 0 aliphatic heterocycles. The lowest BCUT2D eigenvalue weighted by Gasteiger charge is -1.99. The summed E-state index contributed by atoms with van der Waals surface area (Å²) < 4.78 is 0. The summed E-state index contributed by atoms with van der Waals surface area (Å²) in [5.74, 6) is -0.0262. The van der Waals surface area contributed by atoms with E-state index in [4.69, 9.17) is 16.9 Å². The van der Waals surface area contributed by atoms with Crippen molar-refractivity contribution in [3.8, 4) is 6.07 Å². The Kier molecular flexibility index (Phi) is 2.78. The molecule has 0 aromatic heterocycles. The number of halogens is 1. The number of hydrogen-bond donors (Lipinski definition) is 0. The van der Waals surface area contributed by atoms with Gasteiger partial charge in [-0.3, -0.25) is 0 Å². The zero-order chi connectivity index (χ0) is 5.86. The Morgan fingerprint density at radius 3 is 2.00 bits per heavy atom. The first-order valence-electron chi connectivity index (χ1n) is 2.22. The minimum absolute atomic E-state index is 0.0231. The molecule has 1 nitrogen and oxygen atoms in total. The zero-order valence-electron chi connectivity index (χ0n) is 4.48. The van der Waals surface area contributed by atoms with Crippen LogP contribution in [0.25, 0.3) is 0 Å². The summed E-state index contributed by atoms with van der Waals surface area (Å²) in [6.07, 6.45) is 0. The highest BCUT2D eigenvalue weighted by molar-refractivity contribution is 6.20. The van der Waals surface area contributed by atoms with E-state index in [-0.39, 0.29) is 11.3 Å². The van der Waals surface area contributed by atoms with E-state index in [2.05, 4.69) is 0 Å². The van der Waals surface area contributed by atoms with Gasteiger partial charge in [0.25, 0.3) is 0 Å². The first-order valence-corrected chi connectivity index (χ1v) is 2.65. The first kappa shape index (κ1) is 6.78. The lowest BCUT2D eigenvalue weighted by Crippen LogP contribution is -2.02. The van der Waals surface area contributed by atoms with E-state index in [1.54, 1.807) is 6.92 Å². The zero-order valence-corrected chi connectivity index (χ0v) is 5.24. The van der Waals surface area contributed by atoms with Crippen molar-refractivity contribution in [3.05, 3.63) is 0 Å². The summed E-state index contributed by atoms with van der Waals surface area (Å²) in [6.45, 7) is 3.62. The molecule has 0 aliphatic carbocycles. The third-order valence-corrected chi connectivity index (χ3v) is 1.27. The molecule has 1 unspecified atom stereocenters. The molecule has 0 spiro atoms. The lowest BCUT2D eigenvalue weighted by molar-refractivity contribution is 0.722. The molecule has 7 heavy (non-hydrogen) atoms.